The lowest BCUT2D eigenvalue weighted by atomic mass is 10.2. The lowest BCUT2D eigenvalue weighted by Gasteiger charge is -2.08. The van der Waals surface area contributed by atoms with E-state index in [0.717, 1.165) is 0 Å². The highest BCUT2D eigenvalue weighted by Gasteiger charge is 2.10. The second-order valence-electron chi connectivity index (χ2n) is 4.29. The second-order valence-corrected chi connectivity index (χ2v) is 4.29. The number of hydrazone groups is 1. The standard InChI is InChI=1S/C16H15FN2O3/c1-21-14-8-7-11(9-15(14)22-2)16(20)19-18-10-12-5-3-4-6-13(12)17/h3-10H,1-2H3,(H,19,20). The second kappa shape index (κ2) is 7.21. The van der Waals surface area contributed by atoms with Gasteiger partial charge in [-0.15, -0.1) is 0 Å². The van der Waals surface area contributed by atoms with Crippen molar-refractivity contribution < 1.29 is 18.7 Å². The summed E-state index contributed by atoms with van der Waals surface area (Å²) in [5, 5.41) is 3.74. The molecule has 0 saturated heterocycles. The summed E-state index contributed by atoms with van der Waals surface area (Å²) >= 11 is 0. The van der Waals surface area contributed by atoms with Crippen molar-refractivity contribution in [3.05, 3.63) is 59.4 Å². The van der Waals surface area contributed by atoms with Gasteiger partial charge in [0.25, 0.3) is 5.91 Å². The molecule has 114 valence electrons. The van der Waals surface area contributed by atoms with E-state index in [1.165, 1.54) is 32.6 Å². The maximum Gasteiger partial charge on any atom is 0.271 e. The Hall–Kier alpha value is -2.89. The van der Waals surface area contributed by atoms with Gasteiger partial charge in [-0.05, 0) is 24.3 Å². The van der Waals surface area contributed by atoms with E-state index in [9.17, 15) is 9.18 Å². The summed E-state index contributed by atoms with van der Waals surface area (Å²) in [5.74, 6) is 0.113. The lowest BCUT2D eigenvalue weighted by molar-refractivity contribution is 0.0954. The average molecular weight is 302 g/mol. The quantitative estimate of drug-likeness (QED) is 0.682. The highest BCUT2D eigenvalue weighted by atomic mass is 19.1. The zero-order chi connectivity index (χ0) is 15.9. The molecule has 6 heteroatoms. The summed E-state index contributed by atoms with van der Waals surface area (Å²) < 4.78 is 23.6. The van der Waals surface area contributed by atoms with Crippen molar-refractivity contribution >= 4 is 12.1 Å². The molecule has 5 nitrogen and oxygen atoms in total. The predicted molar refractivity (Wildman–Crippen MR) is 81.0 cm³/mol. The number of benzene rings is 2. The molecule has 0 radical (unpaired) electrons. The third kappa shape index (κ3) is 3.60. The van der Waals surface area contributed by atoms with Crippen molar-refractivity contribution in [3.63, 3.8) is 0 Å². The summed E-state index contributed by atoms with van der Waals surface area (Å²) in [7, 11) is 2.99. The first-order valence-electron chi connectivity index (χ1n) is 6.45. The van der Waals surface area contributed by atoms with Crippen molar-refractivity contribution in [1.82, 2.24) is 5.43 Å². The molecule has 0 aliphatic rings. The number of amides is 1. The largest absolute Gasteiger partial charge is 0.493 e. The fourth-order valence-electron chi connectivity index (χ4n) is 1.78. The van der Waals surface area contributed by atoms with Gasteiger partial charge in [0.15, 0.2) is 11.5 Å². The Morgan fingerprint density at radius 1 is 1.14 bits per heavy atom. The molecule has 2 aromatic rings. The Balaban J connectivity index is 2.08. The van der Waals surface area contributed by atoms with Crippen LogP contribution in [0.2, 0.25) is 0 Å². The van der Waals surface area contributed by atoms with Gasteiger partial charge in [0.1, 0.15) is 5.82 Å². The number of hydrogen-bond acceptors (Lipinski definition) is 4. The van der Waals surface area contributed by atoms with Crippen LogP contribution in [0, 0.1) is 5.82 Å². The number of nitrogens with one attached hydrogen (secondary N) is 1. The minimum atomic E-state index is -0.437. The van der Waals surface area contributed by atoms with Gasteiger partial charge in [-0.2, -0.15) is 5.10 Å². The Morgan fingerprint density at radius 2 is 1.86 bits per heavy atom. The molecular weight excluding hydrogens is 287 g/mol. The molecule has 2 rings (SSSR count). The minimum absolute atomic E-state index is 0.287. The molecular formula is C16H15FN2O3. The Kier molecular flexibility index (Phi) is 5.08. The summed E-state index contributed by atoms with van der Waals surface area (Å²) in [6, 6.07) is 10.9. The normalized spacial score (nSPS) is 10.5. The van der Waals surface area contributed by atoms with E-state index in [2.05, 4.69) is 10.5 Å². The van der Waals surface area contributed by atoms with Crippen LogP contribution in [0.5, 0.6) is 11.5 Å². The molecule has 1 N–H and O–H groups in total. The molecule has 0 unspecified atom stereocenters. The highest BCUT2D eigenvalue weighted by molar-refractivity contribution is 5.95. The molecule has 1 amide bonds. The van der Waals surface area contributed by atoms with E-state index in [1.807, 2.05) is 0 Å². The lowest BCUT2D eigenvalue weighted by Crippen LogP contribution is -2.17. The fourth-order valence-corrected chi connectivity index (χ4v) is 1.78. The molecule has 0 heterocycles. The van der Waals surface area contributed by atoms with E-state index < -0.39 is 11.7 Å². The van der Waals surface area contributed by atoms with E-state index in [1.54, 1.807) is 30.3 Å². The Labute approximate surface area is 127 Å². The molecule has 0 aromatic heterocycles. The van der Waals surface area contributed by atoms with E-state index in [-0.39, 0.29) is 5.56 Å². The number of rotatable bonds is 5. The topological polar surface area (TPSA) is 59.9 Å². The molecule has 0 fully saturated rings. The van der Waals surface area contributed by atoms with Crippen molar-refractivity contribution in [2.45, 2.75) is 0 Å². The van der Waals surface area contributed by atoms with Gasteiger partial charge >= 0.3 is 0 Å². The van der Waals surface area contributed by atoms with Gasteiger partial charge in [-0.25, -0.2) is 9.82 Å². The Bertz CT molecular complexity index is 702. The number of hydrogen-bond donors (Lipinski definition) is 1. The smallest absolute Gasteiger partial charge is 0.271 e. The minimum Gasteiger partial charge on any atom is -0.493 e. The van der Waals surface area contributed by atoms with Gasteiger partial charge in [0.05, 0.1) is 20.4 Å². The zero-order valence-corrected chi connectivity index (χ0v) is 12.2. The van der Waals surface area contributed by atoms with Crippen LogP contribution in [0.1, 0.15) is 15.9 Å². The van der Waals surface area contributed by atoms with Gasteiger partial charge in [0.2, 0.25) is 0 Å². The number of carbonyl (C=O) groups is 1. The number of methoxy groups -OCH3 is 2. The molecule has 0 aliphatic heterocycles. The molecule has 2 aromatic carbocycles. The van der Waals surface area contributed by atoms with Crippen LogP contribution in [-0.4, -0.2) is 26.3 Å². The monoisotopic (exact) mass is 302 g/mol. The molecule has 22 heavy (non-hydrogen) atoms. The van der Waals surface area contributed by atoms with Crippen molar-refractivity contribution in [2.24, 2.45) is 5.10 Å². The van der Waals surface area contributed by atoms with Crippen LogP contribution in [0.15, 0.2) is 47.6 Å². The van der Waals surface area contributed by atoms with Crippen LogP contribution in [-0.2, 0) is 0 Å². The van der Waals surface area contributed by atoms with Gasteiger partial charge < -0.3 is 9.47 Å². The summed E-state index contributed by atoms with van der Waals surface area (Å²) in [5.41, 5.74) is 2.97. The van der Waals surface area contributed by atoms with Gasteiger partial charge in [-0.3, -0.25) is 4.79 Å². The van der Waals surface area contributed by atoms with Gasteiger partial charge in [-0.1, -0.05) is 18.2 Å². The summed E-state index contributed by atoms with van der Waals surface area (Å²) in [6.45, 7) is 0. The molecule has 0 atom stereocenters. The average Bonchev–Trinajstić information content (AvgIpc) is 2.55. The van der Waals surface area contributed by atoms with Crippen molar-refractivity contribution in [2.75, 3.05) is 14.2 Å². The van der Waals surface area contributed by atoms with E-state index >= 15 is 0 Å². The highest BCUT2D eigenvalue weighted by Crippen LogP contribution is 2.27. The first-order chi connectivity index (χ1) is 10.7. The molecule has 0 bridgehead atoms. The number of halogens is 1. The third-order valence-electron chi connectivity index (χ3n) is 2.92. The summed E-state index contributed by atoms with van der Waals surface area (Å²) in [4.78, 5) is 12.0. The first kappa shape index (κ1) is 15.5. The number of carbonyl (C=O) groups excluding carboxylic acids is 1. The number of ether oxygens (including phenoxy) is 2. The molecule has 0 spiro atoms. The first-order valence-corrected chi connectivity index (χ1v) is 6.45. The van der Waals surface area contributed by atoms with Crippen molar-refractivity contribution in [1.29, 1.82) is 0 Å². The van der Waals surface area contributed by atoms with Crippen LogP contribution in [0.25, 0.3) is 0 Å². The summed E-state index contributed by atoms with van der Waals surface area (Å²) in [6.07, 6.45) is 1.24. The van der Waals surface area contributed by atoms with Gasteiger partial charge in [0, 0.05) is 11.1 Å². The number of nitrogens with zero attached hydrogens (tertiary/aromatic N) is 1. The molecule has 0 saturated carbocycles. The maximum absolute atomic E-state index is 13.4. The maximum atomic E-state index is 13.4. The van der Waals surface area contributed by atoms with Crippen molar-refractivity contribution in [3.8, 4) is 11.5 Å². The third-order valence-corrected chi connectivity index (χ3v) is 2.92. The predicted octanol–water partition coefficient (Wildman–Crippen LogP) is 2.61. The molecule has 0 aliphatic carbocycles. The fraction of sp³-hybridized carbons (Fsp3) is 0.125. The van der Waals surface area contributed by atoms with Crippen LogP contribution in [0.3, 0.4) is 0 Å². The van der Waals surface area contributed by atoms with E-state index in [4.69, 9.17) is 9.47 Å². The van der Waals surface area contributed by atoms with Crippen LogP contribution >= 0.6 is 0 Å². The van der Waals surface area contributed by atoms with E-state index in [0.29, 0.717) is 17.1 Å². The Morgan fingerprint density at radius 3 is 2.55 bits per heavy atom. The zero-order valence-electron chi connectivity index (χ0n) is 12.2. The SMILES string of the molecule is COc1ccc(C(=O)NN=Cc2ccccc2F)cc1OC. The van der Waals surface area contributed by atoms with Crippen LogP contribution < -0.4 is 14.9 Å². The van der Waals surface area contributed by atoms with Crippen LogP contribution in [0.4, 0.5) is 4.39 Å².